The van der Waals surface area contributed by atoms with Gasteiger partial charge in [0.1, 0.15) is 5.82 Å². The Morgan fingerprint density at radius 2 is 1.86 bits per heavy atom. The zero-order chi connectivity index (χ0) is 19.7. The van der Waals surface area contributed by atoms with Gasteiger partial charge in [-0.25, -0.2) is 4.39 Å². The maximum Gasteiger partial charge on any atom is 0.170 e. The number of Topliss-reactive ketones (excluding diaryl/α,β-unsaturated/α-hetero) is 1. The third kappa shape index (κ3) is 3.51. The Morgan fingerprint density at radius 1 is 1.07 bits per heavy atom. The van der Waals surface area contributed by atoms with E-state index in [2.05, 4.69) is 19.9 Å². The zero-order valence-corrected chi connectivity index (χ0v) is 16.5. The minimum atomic E-state index is -0.480. The quantitative estimate of drug-likeness (QED) is 0.694. The van der Waals surface area contributed by atoms with Gasteiger partial charge in [0.15, 0.2) is 11.6 Å². The molecule has 0 amide bonds. The van der Waals surface area contributed by atoms with Gasteiger partial charge in [-0.15, -0.1) is 0 Å². The molecule has 0 saturated carbocycles. The fraction of sp³-hybridized carbons (Fsp3) is 0.458. The molecular weight excluding hydrogens is 355 g/mol. The molecule has 0 unspecified atom stereocenters. The molecule has 0 bridgehead atoms. The molecule has 1 saturated heterocycles. The Kier molecular flexibility index (Phi) is 5.35. The lowest BCUT2D eigenvalue weighted by Gasteiger charge is -2.25. The lowest BCUT2D eigenvalue weighted by atomic mass is 9.86. The molecule has 148 valence electrons. The number of ketones is 1. The van der Waals surface area contributed by atoms with Gasteiger partial charge in [0.05, 0.1) is 12.7 Å². The first-order valence-corrected chi connectivity index (χ1v) is 10.3. The van der Waals surface area contributed by atoms with Crippen molar-refractivity contribution in [2.24, 2.45) is 0 Å². The molecule has 0 spiro atoms. The van der Waals surface area contributed by atoms with Crippen molar-refractivity contribution in [2.45, 2.75) is 63.8 Å². The summed E-state index contributed by atoms with van der Waals surface area (Å²) < 4.78 is 26.0. The summed E-state index contributed by atoms with van der Waals surface area (Å²) in [7, 11) is 0. The zero-order valence-electron chi connectivity index (χ0n) is 16.5. The first-order chi connectivity index (χ1) is 13.5. The van der Waals surface area contributed by atoms with Crippen molar-refractivity contribution in [3.05, 3.63) is 70.5 Å². The number of halogens is 1. The fourth-order valence-corrected chi connectivity index (χ4v) is 4.52. The first kappa shape index (κ1) is 19.3. The molecule has 1 aliphatic heterocycles. The molecule has 2 atom stereocenters. The summed E-state index contributed by atoms with van der Waals surface area (Å²) in [6.07, 6.45) is 3.71. The van der Waals surface area contributed by atoms with Crippen LogP contribution in [0.4, 0.5) is 4.39 Å². The maximum absolute atomic E-state index is 13.9. The number of benzene rings is 2. The smallest absolute Gasteiger partial charge is 0.170 e. The normalized spacial score (nSPS) is 23.2. The average molecular weight is 382 g/mol. The highest BCUT2D eigenvalue weighted by molar-refractivity contribution is 6.03. The number of rotatable bonds is 5. The van der Waals surface area contributed by atoms with E-state index < -0.39 is 5.79 Å². The van der Waals surface area contributed by atoms with Crippen LogP contribution in [0.15, 0.2) is 42.5 Å². The number of carbonyl (C=O) groups is 1. The molecule has 4 rings (SSSR count). The SMILES string of the molecule is CCC1(CC)OC[C@H](CC[C@H]2C(=O)c3cc(F)ccc3Cc3ccccc32)O1. The largest absolute Gasteiger partial charge is 0.347 e. The van der Waals surface area contributed by atoms with E-state index in [4.69, 9.17) is 9.47 Å². The molecule has 28 heavy (non-hydrogen) atoms. The Hall–Kier alpha value is -2.04. The van der Waals surface area contributed by atoms with Gasteiger partial charge in [-0.1, -0.05) is 44.2 Å². The molecule has 0 radical (unpaired) electrons. The van der Waals surface area contributed by atoms with E-state index in [1.54, 1.807) is 6.07 Å². The van der Waals surface area contributed by atoms with Crippen LogP contribution in [0.5, 0.6) is 0 Å². The molecule has 0 aromatic heterocycles. The highest BCUT2D eigenvalue weighted by Gasteiger charge is 2.39. The second kappa shape index (κ2) is 7.76. The van der Waals surface area contributed by atoms with Crippen molar-refractivity contribution >= 4 is 5.78 Å². The summed E-state index contributed by atoms with van der Waals surface area (Å²) in [5, 5.41) is 0. The molecule has 1 heterocycles. The van der Waals surface area contributed by atoms with E-state index in [1.807, 2.05) is 18.2 Å². The van der Waals surface area contributed by atoms with Crippen LogP contribution in [0.3, 0.4) is 0 Å². The van der Waals surface area contributed by atoms with Gasteiger partial charge in [-0.3, -0.25) is 4.79 Å². The van der Waals surface area contributed by atoms with Gasteiger partial charge < -0.3 is 9.47 Å². The number of ether oxygens (including phenoxy) is 2. The summed E-state index contributed by atoms with van der Waals surface area (Å²) in [6, 6.07) is 12.7. The third-order valence-corrected chi connectivity index (χ3v) is 6.23. The molecule has 2 aromatic carbocycles. The maximum atomic E-state index is 13.9. The van der Waals surface area contributed by atoms with E-state index in [1.165, 1.54) is 12.1 Å². The van der Waals surface area contributed by atoms with Crippen molar-refractivity contribution in [2.75, 3.05) is 6.61 Å². The van der Waals surface area contributed by atoms with E-state index in [0.717, 1.165) is 36.0 Å². The molecule has 1 fully saturated rings. The van der Waals surface area contributed by atoms with Gasteiger partial charge >= 0.3 is 0 Å². The molecular formula is C24H27FO3. The third-order valence-electron chi connectivity index (χ3n) is 6.23. The number of carbonyl (C=O) groups excluding carboxylic acids is 1. The predicted molar refractivity (Wildman–Crippen MR) is 106 cm³/mol. The standard InChI is InChI=1S/C24H27FO3/c1-3-24(4-2)27-15-19(28-24)11-12-21-20-8-6-5-7-16(20)13-17-9-10-18(25)14-22(17)23(21)26/h5-10,14,19,21H,3-4,11-13,15H2,1-2H3/t19-,21+/m0/s1. The van der Waals surface area contributed by atoms with E-state index in [-0.39, 0.29) is 23.6 Å². The number of hydrogen-bond acceptors (Lipinski definition) is 3. The van der Waals surface area contributed by atoms with Crippen LogP contribution in [-0.4, -0.2) is 24.3 Å². The first-order valence-electron chi connectivity index (χ1n) is 10.3. The molecule has 2 aromatic rings. The van der Waals surface area contributed by atoms with Crippen molar-refractivity contribution in [1.29, 1.82) is 0 Å². The Labute approximate surface area is 165 Å². The predicted octanol–water partition coefficient (Wildman–Crippen LogP) is 5.41. The average Bonchev–Trinajstić information content (AvgIpc) is 3.09. The highest BCUT2D eigenvalue weighted by atomic mass is 19.1. The van der Waals surface area contributed by atoms with Gasteiger partial charge in [0, 0.05) is 11.5 Å². The Balaban J connectivity index is 1.59. The summed E-state index contributed by atoms with van der Waals surface area (Å²) in [6.45, 7) is 4.71. The Bertz CT molecular complexity index is 872. The van der Waals surface area contributed by atoms with Crippen LogP contribution < -0.4 is 0 Å². The minimum Gasteiger partial charge on any atom is -0.347 e. The van der Waals surface area contributed by atoms with Crippen LogP contribution in [0.1, 0.15) is 72.5 Å². The van der Waals surface area contributed by atoms with Crippen LogP contribution in [-0.2, 0) is 15.9 Å². The Morgan fingerprint density at radius 3 is 2.61 bits per heavy atom. The fourth-order valence-electron chi connectivity index (χ4n) is 4.52. The van der Waals surface area contributed by atoms with Crippen LogP contribution in [0, 0.1) is 5.82 Å². The van der Waals surface area contributed by atoms with E-state index in [0.29, 0.717) is 25.0 Å². The number of fused-ring (bicyclic) bond motifs is 2. The van der Waals surface area contributed by atoms with Crippen LogP contribution in [0.25, 0.3) is 0 Å². The van der Waals surface area contributed by atoms with Gasteiger partial charge in [0.25, 0.3) is 0 Å². The lowest BCUT2D eigenvalue weighted by molar-refractivity contribution is -0.172. The molecule has 4 heteroatoms. The minimum absolute atomic E-state index is 0.00454. The second-order valence-electron chi connectivity index (χ2n) is 7.84. The monoisotopic (exact) mass is 382 g/mol. The van der Waals surface area contributed by atoms with Crippen molar-refractivity contribution in [3.8, 4) is 0 Å². The number of hydrogen-bond donors (Lipinski definition) is 0. The van der Waals surface area contributed by atoms with Gasteiger partial charge in [-0.05, 0) is 60.9 Å². The van der Waals surface area contributed by atoms with Gasteiger partial charge in [0.2, 0.25) is 0 Å². The lowest BCUT2D eigenvalue weighted by Crippen LogP contribution is -2.29. The second-order valence-corrected chi connectivity index (χ2v) is 7.84. The summed E-state index contributed by atoms with van der Waals surface area (Å²) in [5.41, 5.74) is 3.62. The van der Waals surface area contributed by atoms with Crippen molar-refractivity contribution < 1.29 is 18.7 Å². The summed E-state index contributed by atoms with van der Waals surface area (Å²) >= 11 is 0. The van der Waals surface area contributed by atoms with E-state index in [9.17, 15) is 9.18 Å². The van der Waals surface area contributed by atoms with Crippen molar-refractivity contribution in [3.63, 3.8) is 0 Å². The highest BCUT2D eigenvalue weighted by Crippen LogP contribution is 2.37. The summed E-state index contributed by atoms with van der Waals surface area (Å²) in [4.78, 5) is 13.4. The molecule has 2 aliphatic rings. The van der Waals surface area contributed by atoms with Crippen molar-refractivity contribution in [1.82, 2.24) is 0 Å². The van der Waals surface area contributed by atoms with E-state index >= 15 is 0 Å². The molecule has 0 N–H and O–H groups in total. The van der Waals surface area contributed by atoms with Crippen LogP contribution >= 0.6 is 0 Å². The molecule has 1 aliphatic carbocycles. The van der Waals surface area contributed by atoms with Gasteiger partial charge in [-0.2, -0.15) is 0 Å². The van der Waals surface area contributed by atoms with Crippen LogP contribution in [0.2, 0.25) is 0 Å². The topological polar surface area (TPSA) is 35.5 Å². The summed E-state index contributed by atoms with van der Waals surface area (Å²) in [5.74, 6) is -1.11. The molecule has 3 nitrogen and oxygen atoms in total.